The molecular weight excluding hydrogens is 228 g/mol. The van der Waals surface area contributed by atoms with Gasteiger partial charge in [-0.05, 0) is 12.1 Å². The smallest absolute Gasteiger partial charge is 0.336 e. The Morgan fingerprint density at radius 2 is 1.88 bits per heavy atom. The van der Waals surface area contributed by atoms with E-state index in [-0.39, 0.29) is 28.9 Å². The molecule has 6 nitrogen and oxygen atoms in total. The van der Waals surface area contributed by atoms with Gasteiger partial charge < -0.3 is 14.9 Å². The van der Waals surface area contributed by atoms with Gasteiger partial charge in [-0.15, -0.1) is 0 Å². The van der Waals surface area contributed by atoms with E-state index in [4.69, 9.17) is 10.2 Å². The number of aromatic carboxylic acids is 2. The summed E-state index contributed by atoms with van der Waals surface area (Å²) >= 11 is 0. The van der Waals surface area contributed by atoms with Gasteiger partial charge >= 0.3 is 11.9 Å². The van der Waals surface area contributed by atoms with Crippen LogP contribution in [0.4, 0.5) is 0 Å². The van der Waals surface area contributed by atoms with Crippen LogP contribution in [0.5, 0.6) is 5.75 Å². The van der Waals surface area contributed by atoms with Crippen molar-refractivity contribution < 1.29 is 29.3 Å². The number of carboxylic acids is 2. The van der Waals surface area contributed by atoms with Gasteiger partial charge in [0.1, 0.15) is 5.75 Å². The van der Waals surface area contributed by atoms with Gasteiger partial charge in [-0.1, -0.05) is 12.7 Å². The molecule has 2 N–H and O–H groups in total. The third-order valence-electron chi connectivity index (χ3n) is 2.00. The zero-order chi connectivity index (χ0) is 13.0. The molecule has 0 bridgehead atoms. The standard InChI is InChI=1S/C11H8O6/c1-2-7-8(11(15)16)3-6(10(13)14)4-9(7)17-5-12/h2-5H,1H2,(H,13,14)(H,15,16). The van der Waals surface area contributed by atoms with E-state index in [1.165, 1.54) is 6.08 Å². The van der Waals surface area contributed by atoms with Crippen molar-refractivity contribution >= 4 is 24.5 Å². The maximum absolute atomic E-state index is 10.9. The number of hydrogen-bond acceptors (Lipinski definition) is 4. The minimum Gasteiger partial charge on any atom is -0.478 e. The highest BCUT2D eigenvalue weighted by Gasteiger charge is 2.17. The summed E-state index contributed by atoms with van der Waals surface area (Å²) in [6, 6.07) is 2.03. The Morgan fingerprint density at radius 1 is 1.24 bits per heavy atom. The molecule has 1 rings (SSSR count). The van der Waals surface area contributed by atoms with Crippen molar-refractivity contribution in [1.29, 1.82) is 0 Å². The van der Waals surface area contributed by atoms with E-state index in [1.807, 2.05) is 0 Å². The molecule has 0 atom stereocenters. The van der Waals surface area contributed by atoms with E-state index in [9.17, 15) is 14.4 Å². The van der Waals surface area contributed by atoms with Crippen LogP contribution in [0, 0.1) is 0 Å². The molecule has 1 aromatic carbocycles. The highest BCUT2D eigenvalue weighted by atomic mass is 16.5. The Morgan fingerprint density at radius 3 is 2.29 bits per heavy atom. The fraction of sp³-hybridized carbons (Fsp3) is 0. The summed E-state index contributed by atoms with van der Waals surface area (Å²) in [5.41, 5.74) is -0.531. The highest BCUT2D eigenvalue weighted by Crippen LogP contribution is 2.26. The molecular formula is C11H8O6. The number of ether oxygens (including phenoxy) is 1. The summed E-state index contributed by atoms with van der Waals surface area (Å²) in [6.07, 6.45) is 1.17. The summed E-state index contributed by atoms with van der Waals surface area (Å²) < 4.78 is 4.53. The van der Waals surface area contributed by atoms with Crippen LogP contribution >= 0.6 is 0 Å². The molecule has 1 aromatic rings. The predicted octanol–water partition coefficient (Wildman–Crippen LogP) is 1.26. The molecule has 0 aliphatic rings. The van der Waals surface area contributed by atoms with E-state index in [2.05, 4.69) is 11.3 Å². The number of rotatable bonds is 5. The van der Waals surface area contributed by atoms with Crippen molar-refractivity contribution in [2.24, 2.45) is 0 Å². The first-order valence-electron chi connectivity index (χ1n) is 4.38. The van der Waals surface area contributed by atoms with E-state index < -0.39 is 11.9 Å². The molecule has 0 spiro atoms. The van der Waals surface area contributed by atoms with Crippen LogP contribution in [0.1, 0.15) is 26.3 Å². The number of carboxylic acid groups (broad SMARTS) is 2. The molecule has 0 heterocycles. The lowest BCUT2D eigenvalue weighted by Crippen LogP contribution is -2.07. The minimum absolute atomic E-state index is 0.0506. The molecule has 17 heavy (non-hydrogen) atoms. The van der Waals surface area contributed by atoms with Gasteiger partial charge in [-0.3, -0.25) is 4.79 Å². The fourth-order valence-corrected chi connectivity index (χ4v) is 1.29. The van der Waals surface area contributed by atoms with Gasteiger partial charge in [0.05, 0.1) is 11.1 Å². The Bertz CT molecular complexity index is 503. The van der Waals surface area contributed by atoms with Crippen molar-refractivity contribution in [2.75, 3.05) is 0 Å². The number of carbonyl (C=O) groups excluding carboxylic acids is 1. The van der Waals surface area contributed by atoms with E-state index >= 15 is 0 Å². The van der Waals surface area contributed by atoms with E-state index in [0.717, 1.165) is 12.1 Å². The summed E-state index contributed by atoms with van der Waals surface area (Å²) in [6.45, 7) is 3.47. The second-order valence-electron chi connectivity index (χ2n) is 2.96. The SMILES string of the molecule is C=Cc1c(OC=O)cc(C(=O)O)cc1C(=O)O. The maximum Gasteiger partial charge on any atom is 0.336 e. The summed E-state index contributed by atoms with van der Waals surface area (Å²) in [4.78, 5) is 31.9. The summed E-state index contributed by atoms with van der Waals surface area (Å²) in [7, 11) is 0. The van der Waals surface area contributed by atoms with Gasteiger partial charge in [0.15, 0.2) is 0 Å². The molecule has 0 aliphatic carbocycles. The van der Waals surface area contributed by atoms with E-state index in [1.54, 1.807) is 0 Å². The summed E-state index contributed by atoms with van der Waals surface area (Å²) in [5.74, 6) is -2.81. The molecule has 0 fully saturated rings. The molecule has 0 aliphatic heterocycles. The Kier molecular flexibility index (Phi) is 3.61. The van der Waals surface area contributed by atoms with Crippen LogP contribution in [0.15, 0.2) is 18.7 Å². The number of benzene rings is 1. The van der Waals surface area contributed by atoms with Gasteiger partial charge in [0.25, 0.3) is 6.47 Å². The van der Waals surface area contributed by atoms with Crippen molar-refractivity contribution in [1.82, 2.24) is 0 Å². The number of hydrogen-bond donors (Lipinski definition) is 2. The lowest BCUT2D eigenvalue weighted by Gasteiger charge is -2.08. The minimum atomic E-state index is -1.33. The molecule has 0 radical (unpaired) electrons. The van der Waals surface area contributed by atoms with E-state index in [0.29, 0.717) is 0 Å². The second kappa shape index (κ2) is 4.93. The molecule has 88 valence electrons. The topological polar surface area (TPSA) is 101 Å². The second-order valence-corrected chi connectivity index (χ2v) is 2.96. The molecule has 6 heteroatoms. The van der Waals surface area contributed by atoms with Crippen molar-refractivity contribution in [3.63, 3.8) is 0 Å². The average Bonchev–Trinajstić information content (AvgIpc) is 2.28. The molecule has 0 saturated carbocycles. The van der Waals surface area contributed by atoms with Gasteiger partial charge in [-0.2, -0.15) is 0 Å². The monoisotopic (exact) mass is 236 g/mol. The molecule has 0 amide bonds. The maximum atomic E-state index is 10.9. The third kappa shape index (κ3) is 2.49. The normalized spacial score (nSPS) is 9.41. The van der Waals surface area contributed by atoms with Crippen molar-refractivity contribution in [3.8, 4) is 5.75 Å². The van der Waals surface area contributed by atoms with Crippen molar-refractivity contribution in [2.45, 2.75) is 0 Å². The van der Waals surface area contributed by atoms with Crippen LogP contribution in [0.3, 0.4) is 0 Å². The molecule has 0 unspecified atom stereocenters. The van der Waals surface area contributed by atoms with Gasteiger partial charge in [0, 0.05) is 5.56 Å². The van der Waals surface area contributed by atoms with Crippen LogP contribution in [-0.2, 0) is 4.79 Å². The van der Waals surface area contributed by atoms with Crippen LogP contribution in [0.2, 0.25) is 0 Å². The van der Waals surface area contributed by atoms with Gasteiger partial charge in [0.2, 0.25) is 0 Å². The van der Waals surface area contributed by atoms with Crippen LogP contribution < -0.4 is 4.74 Å². The molecule has 0 aromatic heterocycles. The first kappa shape index (κ1) is 12.4. The fourth-order valence-electron chi connectivity index (χ4n) is 1.29. The lowest BCUT2D eigenvalue weighted by atomic mass is 10.0. The van der Waals surface area contributed by atoms with Gasteiger partial charge in [-0.25, -0.2) is 9.59 Å². The highest BCUT2D eigenvalue weighted by molar-refractivity contribution is 5.98. The Labute approximate surface area is 95.8 Å². The average molecular weight is 236 g/mol. The van der Waals surface area contributed by atoms with Crippen LogP contribution in [0.25, 0.3) is 6.08 Å². The first-order chi connectivity index (χ1) is 8.01. The third-order valence-corrected chi connectivity index (χ3v) is 2.00. The Hall–Kier alpha value is -2.63. The zero-order valence-corrected chi connectivity index (χ0v) is 8.54. The Balaban J connectivity index is 3.55. The lowest BCUT2D eigenvalue weighted by molar-refractivity contribution is -0.120. The largest absolute Gasteiger partial charge is 0.478 e. The number of carbonyl (C=O) groups is 3. The molecule has 0 saturated heterocycles. The summed E-state index contributed by atoms with van der Waals surface area (Å²) in [5, 5.41) is 17.7. The van der Waals surface area contributed by atoms with Crippen LogP contribution in [-0.4, -0.2) is 28.6 Å². The zero-order valence-electron chi connectivity index (χ0n) is 8.54. The predicted molar refractivity (Wildman–Crippen MR) is 57.1 cm³/mol. The quantitative estimate of drug-likeness (QED) is 0.746. The first-order valence-corrected chi connectivity index (χ1v) is 4.38. The van der Waals surface area contributed by atoms with Crippen molar-refractivity contribution in [3.05, 3.63) is 35.4 Å².